The molecule has 0 saturated carbocycles. The van der Waals surface area contributed by atoms with E-state index in [1.54, 1.807) is 7.11 Å². The fourth-order valence-electron chi connectivity index (χ4n) is 2.72. The number of hydrogen-bond donors (Lipinski definition) is 2. The summed E-state index contributed by atoms with van der Waals surface area (Å²) in [6.45, 7) is 4.00. The second-order valence-corrected chi connectivity index (χ2v) is 5.79. The number of benzene rings is 1. The zero-order chi connectivity index (χ0) is 15.8. The zero-order valence-corrected chi connectivity index (χ0v) is 13.4. The molecule has 1 aliphatic heterocycles. The second-order valence-electron chi connectivity index (χ2n) is 5.79. The van der Waals surface area contributed by atoms with Gasteiger partial charge in [0.05, 0.1) is 6.10 Å². The molecule has 0 bridgehead atoms. The van der Waals surface area contributed by atoms with Crippen molar-refractivity contribution in [1.82, 2.24) is 10.6 Å². The number of carbonyl (C=O) groups excluding carboxylic acids is 1. The number of hydrogen-bond acceptors (Lipinski definition) is 3. The van der Waals surface area contributed by atoms with Crippen LogP contribution in [0.25, 0.3) is 0 Å². The summed E-state index contributed by atoms with van der Waals surface area (Å²) >= 11 is 0. The Balaban J connectivity index is 1.77. The molecule has 2 rings (SSSR count). The summed E-state index contributed by atoms with van der Waals surface area (Å²) in [5.41, 5.74) is 1.18. The molecule has 1 aliphatic rings. The highest BCUT2D eigenvalue weighted by atomic mass is 16.5. The Morgan fingerprint density at radius 2 is 2.18 bits per heavy atom. The molecule has 1 aromatic carbocycles. The van der Waals surface area contributed by atoms with Gasteiger partial charge in [-0.3, -0.25) is 0 Å². The van der Waals surface area contributed by atoms with E-state index in [1.807, 2.05) is 25.1 Å². The summed E-state index contributed by atoms with van der Waals surface area (Å²) in [5.74, 6) is 0.322. The maximum absolute atomic E-state index is 11.9. The number of urea groups is 1. The first-order valence-electron chi connectivity index (χ1n) is 7.90. The molecule has 122 valence electrons. The van der Waals surface area contributed by atoms with Gasteiger partial charge in [-0.15, -0.1) is 0 Å². The summed E-state index contributed by atoms with van der Waals surface area (Å²) < 4.78 is 10.8. The lowest BCUT2D eigenvalue weighted by Gasteiger charge is -2.20. The first-order valence-corrected chi connectivity index (χ1v) is 7.90. The minimum atomic E-state index is -0.123. The maximum atomic E-state index is 11.9. The van der Waals surface area contributed by atoms with Gasteiger partial charge in [0.2, 0.25) is 0 Å². The minimum Gasteiger partial charge on any atom is -0.385 e. The molecule has 5 heteroatoms. The van der Waals surface area contributed by atoms with E-state index in [-0.39, 0.29) is 18.2 Å². The number of ether oxygens (including phenoxy) is 2. The zero-order valence-electron chi connectivity index (χ0n) is 13.4. The molecular weight excluding hydrogens is 280 g/mol. The maximum Gasteiger partial charge on any atom is 0.315 e. The summed E-state index contributed by atoms with van der Waals surface area (Å²) in [6.07, 6.45) is 1.86. The van der Waals surface area contributed by atoms with Crippen LogP contribution in [0.4, 0.5) is 4.79 Å². The highest BCUT2D eigenvalue weighted by Gasteiger charge is 2.29. The van der Waals surface area contributed by atoms with Crippen molar-refractivity contribution in [3.05, 3.63) is 35.9 Å². The van der Waals surface area contributed by atoms with E-state index >= 15 is 0 Å². The van der Waals surface area contributed by atoms with Gasteiger partial charge >= 0.3 is 6.03 Å². The lowest BCUT2D eigenvalue weighted by molar-refractivity contribution is 0.0909. The van der Waals surface area contributed by atoms with Crippen molar-refractivity contribution in [1.29, 1.82) is 0 Å². The fourth-order valence-corrected chi connectivity index (χ4v) is 2.72. The second kappa shape index (κ2) is 8.76. The van der Waals surface area contributed by atoms with Crippen LogP contribution in [0.2, 0.25) is 0 Å². The van der Waals surface area contributed by atoms with Crippen LogP contribution in [0, 0.1) is 5.92 Å². The first kappa shape index (κ1) is 16.8. The molecule has 0 radical (unpaired) electrons. The lowest BCUT2D eigenvalue weighted by atomic mass is 9.95. The largest absolute Gasteiger partial charge is 0.385 e. The van der Waals surface area contributed by atoms with Crippen molar-refractivity contribution >= 4 is 6.03 Å². The Morgan fingerprint density at radius 3 is 2.91 bits per heavy atom. The summed E-state index contributed by atoms with van der Waals surface area (Å²) in [4.78, 5) is 11.9. The normalized spacial score (nSPS) is 22.3. The SMILES string of the molecule is COCC[C@@H](C)NC(=O)NC[C@H]1CCO[C@@H]1c1ccccc1. The third-order valence-corrected chi connectivity index (χ3v) is 4.00. The standard InChI is InChI=1S/C17H26N2O3/c1-13(8-10-21-2)19-17(20)18-12-15-9-11-22-16(15)14-6-4-3-5-7-14/h3-7,13,15-16H,8-12H2,1-2H3,(H2,18,19,20)/t13-,15-,16-/m1/s1. The van der Waals surface area contributed by atoms with Gasteiger partial charge in [0.15, 0.2) is 0 Å². The van der Waals surface area contributed by atoms with Crippen molar-refractivity contribution in [3.63, 3.8) is 0 Å². The van der Waals surface area contributed by atoms with E-state index in [4.69, 9.17) is 9.47 Å². The van der Waals surface area contributed by atoms with Gasteiger partial charge in [0, 0.05) is 38.8 Å². The quantitative estimate of drug-likeness (QED) is 0.813. The Bertz CT molecular complexity index is 452. The average molecular weight is 306 g/mol. The third-order valence-electron chi connectivity index (χ3n) is 4.00. The van der Waals surface area contributed by atoms with Gasteiger partial charge in [-0.05, 0) is 25.3 Å². The Hall–Kier alpha value is -1.59. The topological polar surface area (TPSA) is 59.6 Å². The van der Waals surface area contributed by atoms with Crippen LogP contribution in [0.1, 0.15) is 31.4 Å². The molecule has 1 heterocycles. The smallest absolute Gasteiger partial charge is 0.315 e. The van der Waals surface area contributed by atoms with E-state index in [9.17, 15) is 4.79 Å². The third kappa shape index (κ3) is 5.00. The summed E-state index contributed by atoms with van der Waals surface area (Å²) in [7, 11) is 1.66. The van der Waals surface area contributed by atoms with Gasteiger partial charge in [0.25, 0.3) is 0 Å². The number of carbonyl (C=O) groups is 1. The molecule has 5 nitrogen and oxygen atoms in total. The fraction of sp³-hybridized carbons (Fsp3) is 0.588. The number of amides is 2. The number of methoxy groups -OCH3 is 1. The van der Waals surface area contributed by atoms with Crippen LogP contribution in [0.15, 0.2) is 30.3 Å². The summed E-state index contributed by atoms with van der Waals surface area (Å²) in [5, 5.41) is 5.88. The van der Waals surface area contributed by atoms with Crippen LogP contribution >= 0.6 is 0 Å². The van der Waals surface area contributed by atoms with E-state index < -0.39 is 0 Å². The van der Waals surface area contributed by atoms with E-state index in [0.717, 1.165) is 19.4 Å². The lowest BCUT2D eigenvalue weighted by Crippen LogP contribution is -2.43. The predicted molar refractivity (Wildman–Crippen MR) is 85.7 cm³/mol. The Kier molecular flexibility index (Phi) is 6.68. The van der Waals surface area contributed by atoms with Gasteiger partial charge in [-0.25, -0.2) is 4.79 Å². The highest BCUT2D eigenvalue weighted by molar-refractivity contribution is 5.74. The van der Waals surface area contributed by atoms with Crippen molar-refractivity contribution < 1.29 is 14.3 Å². The van der Waals surface area contributed by atoms with Gasteiger partial charge < -0.3 is 20.1 Å². The highest BCUT2D eigenvalue weighted by Crippen LogP contribution is 2.33. The molecule has 0 unspecified atom stereocenters. The van der Waals surface area contributed by atoms with Gasteiger partial charge in [-0.1, -0.05) is 30.3 Å². The minimum absolute atomic E-state index is 0.0763. The summed E-state index contributed by atoms with van der Waals surface area (Å²) in [6, 6.07) is 10.2. The molecule has 0 spiro atoms. The van der Waals surface area contributed by atoms with E-state index in [2.05, 4.69) is 22.8 Å². The molecule has 1 saturated heterocycles. The predicted octanol–water partition coefficient (Wildman–Crippen LogP) is 2.49. The monoisotopic (exact) mass is 306 g/mol. The molecule has 0 aromatic heterocycles. The molecule has 22 heavy (non-hydrogen) atoms. The first-order chi connectivity index (χ1) is 10.7. The molecular formula is C17H26N2O3. The van der Waals surface area contributed by atoms with Crippen LogP contribution in [-0.4, -0.2) is 38.9 Å². The van der Waals surface area contributed by atoms with Gasteiger partial charge in [0.1, 0.15) is 0 Å². The Morgan fingerprint density at radius 1 is 1.41 bits per heavy atom. The number of rotatable bonds is 7. The molecule has 2 N–H and O–H groups in total. The van der Waals surface area contributed by atoms with Crippen LogP contribution in [-0.2, 0) is 9.47 Å². The van der Waals surface area contributed by atoms with Gasteiger partial charge in [-0.2, -0.15) is 0 Å². The van der Waals surface area contributed by atoms with Crippen LogP contribution in [0.5, 0.6) is 0 Å². The number of nitrogens with one attached hydrogen (secondary N) is 2. The molecule has 3 atom stereocenters. The van der Waals surface area contributed by atoms with E-state index in [0.29, 0.717) is 19.1 Å². The van der Waals surface area contributed by atoms with Crippen molar-refractivity contribution in [2.24, 2.45) is 5.92 Å². The molecule has 1 aromatic rings. The van der Waals surface area contributed by atoms with Crippen molar-refractivity contribution in [2.45, 2.75) is 31.9 Å². The van der Waals surface area contributed by atoms with Crippen LogP contribution < -0.4 is 10.6 Å². The molecule has 1 fully saturated rings. The average Bonchev–Trinajstić information content (AvgIpc) is 3.00. The molecule has 0 aliphatic carbocycles. The Labute approximate surface area is 132 Å². The van der Waals surface area contributed by atoms with E-state index in [1.165, 1.54) is 5.56 Å². The van der Waals surface area contributed by atoms with Crippen molar-refractivity contribution in [3.8, 4) is 0 Å². The van der Waals surface area contributed by atoms with Crippen LogP contribution in [0.3, 0.4) is 0 Å². The van der Waals surface area contributed by atoms with Crippen molar-refractivity contribution in [2.75, 3.05) is 26.9 Å². The molecule has 2 amide bonds.